The lowest BCUT2D eigenvalue weighted by molar-refractivity contribution is 0.423. The van der Waals surface area contributed by atoms with Crippen LogP contribution in [0.4, 0.5) is 4.39 Å². The minimum Gasteiger partial charge on any atom is -0.423 e. The van der Waals surface area contributed by atoms with Crippen LogP contribution in [0.25, 0.3) is 44.1 Å². The van der Waals surface area contributed by atoms with Gasteiger partial charge in [-0.2, -0.15) is 0 Å². The van der Waals surface area contributed by atoms with Gasteiger partial charge in [0.2, 0.25) is 0 Å². The van der Waals surface area contributed by atoms with Crippen molar-refractivity contribution in [3.05, 3.63) is 125 Å². The Balaban J connectivity index is 0.000000249. The van der Waals surface area contributed by atoms with Crippen LogP contribution in [0.2, 0.25) is 10.3 Å². The van der Waals surface area contributed by atoms with Crippen molar-refractivity contribution in [2.24, 2.45) is 0 Å². The van der Waals surface area contributed by atoms with Crippen molar-refractivity contribution in [2.75, 3.05) is 0 Å². The number of rotatable bonds is 3. The second-order valence-electron chi connectivity index (χ2n) is 8.47. The van der Waals surface area contributed by atoms with Crippen molar-refractivity contribution in [3.63, 3.8) is 0 Å². The van der Waals surface area contributed by atoms with E-state index in [4.69, 9.17) is 33.2 Å². The molecule has 0 atom stereocenters. The molecule has 0 saturated carbocycles. The molecular weight excluding hydrogens is 521 g/mol. The lowest BCUT2D eigenvalue weighted by atomic mass is 9.80. The van der Waals surface area contributed by atoms with Gasteiger partial charge in [-0.05, 0) is 40.5 Å². The maximum atomic E-state index is 12.5. The molecule has 4 nitrogen and oxygen atoms in total. The summed E-state index contributed by atoms with van der Waals surface area (Å²) in [6.45, 7) is 0. The Morgan fingerprint density at radius 3 is 1.39 bits per heavy atom. The molecule has 6 rings (SSSR count). The molecule has 0 saturated heterocycles. The minimum absolute atomic E-state index is 0.0949. The van der Waals surface area contributed by atoms with Gasteiger partial charge in [0.05, 0.1) is 11.0 Å². The van der Waals surface area contributed by atoms with Gasteiger partial charge in [0.25, 0.3) is 0 Å². The fraction of sp³-hybridized carbons (Fsp3) is 0. The molecule has 186 valence electrons. The van der Waals surface area contributed by atoms with E-state index >= 15 is 0 Å². The van der Waals surface area contributed by atoms with Gasteiger partial charge in [-0.3, -0.25) is 0 Å². The topological polar surface area (TPSA) is 66.2 Å². The zero-order valence-electron chi connectivity index (χ0n) is 19.9. The number of nitrogens with zero attached hydrogens (tertiary/aromatic N) is 2. The highest BCUT2D eigenvalue weighted by molar-refractivity contribution is 6.58. The summed E-state index contributed by atoms with van der Waals surface area (Å²) in [5, 5.41) is 19.9. The van der Waals surface area contributed by atoms with Gasteiger partial charge in [0, 0.05) is 16.2 Å². The highest BCUT2D eigenvalue weighted by Gasteiger charge is 2.15. The van der Waals surface area contributed by atoms with Crippen LogP contribution in [0.5, 0.6) is 0 Å². The first-order chi connectivity index (χ1) is 18.4. The zero-order chi connectivity index (χ0) is 26.6. The van der Waals surface area contributed by atoms with Crippen LogP contribution in [-0.4, -0.2) is 27.1 Å². The second-order valence-corrected chi connectivity index (χ2v) is 9.24. The third-order valence-electron chi connectivity index (χ3n) is 6.05. The highest BCUT2D eigenvalue weighted by Crippen LogP contribution is 2.37. The van der Waals surface area contributed by atoms with Crippen LogP contribution in [0.3, 0.4) is 0 Å². The van der Waals surface area contributed by atoms with E-state index in [2.05, 4.69) is 46.4 Å². The van der Waals surface area contributed by atoms with Crippen LogP contribution in [0.15, 0.2) is 109 Å². The van der Waals surface area contributed by atoms with E-state index in [0.717, 1.165) is 44.1 Å². The summed E-state index contributed by atoms with van der Waals surface area (Å²) in [7, 11) is -1.72. The predicted molar refractivity (Wildman–Crippen MR) is 154 cm³/mol. The molecule has 0 spiro atoms. The summed E-state index contributed by atoms with van der Waals surface area (Å²) in [6, 6.07) is 33.8. The number of aromatic nitrogens is 2. The Morgan fingerprint density at radius 2 is 1.00 bits per heavy atom. The van der Waals surface area contributed by atoms with Crippen molar-refractivity contribution >= 4 is 57.6 Å². The lowest BCUT2D eigenvalue weighted by Gasteiger charge is -2.12. The Bertz CT molecular complexity index is 1630. The molecule has 8 heteroatoms. The Morgan fingerprint density at radius 1 is 0.579 bits per heavy atom. The summed E-state index contributed by atoms with van der Waals surface area (Å²) in [5.41, 5.74) is 5.64. The molecule has 6 aromatic rings. The average Bonchev–Trinajstić information content (AvgIpc) is 2.93. The zero-order valence-corrected chi connectivity index (χ0v) is 21.4. The van der Waals surface area contributed by atoms with Gasteiger partial charge >= 0.3 is 7.12 Å². The van der Waals surface area contributed by atoms with Gasteiger partial charge in [-0.1, -0.05) is 114 Å². The van der Waals surface area contributed by atoms with E-state index in [1.165, 1.54) is 24.3 Å². The second kappa shape index (κ2) is 11.3. The number of pyridine rings is 2. The molecule has 0 aliphatic rings. The van der Waals surface area contributed by atoms with Crippen molar-refractivity contribution in [2.45, 2.75) is 0 Å². The van der Waals surface area contributed by atoms with Gasteiger partial charge in [-0.25, -0.2) is 14.4 Å². The van der Waals surface area contributed by atoms with Crippen molar-refractivity contribution < 1.29 is 14.4 Å². The van der Waals surface area contributed by atoms with Crippen LogP contribution in [0, 0.1) is 5.82 Å². The maximum Gasteiger partial charge on any atom is 0.491 e. The first-order valence-corrected chi connectivity index (χ1v) is 12.5. The Hall–Kier alpha value is -3.81. The number of hydrogen-bond acceptors (Lipinski definition) is 4. The molecule has 0 fully saturated rings. The van der Waals surface area contributed by atoms with E-state index < -0.39 is 12.9 Å². The molecule has 2 heterocycles. The van der Waals surface area contributed by atoms with Crippen LogP contribution >= 0.6 is 23.2 Å². The molecule has 0 amide bonds. The van der Waals surface area contributed by atoms with E-state index in [-0.39, 0.29) is 5.46 Å². The molecule has 0 aliphatic carbocycles. The molecule has 0 radical (unpaired) electrons. The van der Waals surface area contributed by atoms with Gasteiger partial charge in [0.15, 0.2) is 0 Å². The SMILES string of the molecule is Clc1cc(-c2ccccc2)c2ccc3c(-c4ccccc4)cc(Cl)nc3c2n1.OB(O)c1ccccc1F. The molecule has 2 aromatic heterocycles. The molecule has 0 unspecified atom stereocenters. The quantitative estimate of drug-likeness (QED) is 0.145. The number of fused-ring (bicyclic) bond motifs is 3. The van der Waals surface area contributed by atoms with Gasteiger partial charge in [-0.15, -0.1) is 0 Å². The molecule has 4 aromatic carbocycles. The average molecular weight is 541 g/mol. The molecule has 2 N–H and O–H groups in total. The largest absolute Gasteiger partial charge is 0.491 e. The fourth-order valence-electron chi connectivity index (χ4n) is 4.31. The third kappa shape index (κ3) is 5.40. The van der Waals surface area contributed by atoms with Crippen molar-refractivity contribution in [1.29, 1.82) is 0 Å². The predicted octanol–water partition coefficient (Wildman–Crippen LogP) is 6.93. The van der Waals surface area contributed by atoms with Crippen LogP contribution in [0.1, 0.15) is 0 Å². The molecule has 38 heavy (non-hydrogen) atoms. The van der Waals surface area contributed by atoms with Crippen molar-refractivity contribution in [3.8, 4) is 22.3 Å². The smallest absolute Gasteiger partial charge is 0.423 e. The van der Waals surface area contributed by atoms with E-state index in [0.29, 0.717) is 10.3 Å². The summed E-state index contributed by atoms with van der Waals surface area (Å²) >= 11 is 12.8. The molecule has 0 aliphatic heterocycles. The molecule has 0 bridgehead atoms. The molecular formula is C30H20BCl2FN2O2. The standard InChI is InChI=1S/C24H14Cl2N2.C6H6BFO2/c25-21-13-19(15-7-3-1-4-8-15)17-11-12-18-20(16-9-5-2-6-10-16)14-22(26)28-24(18)23(17)27-21;8-6-4-2-1-3-5(6)7(9)10/h1-14H;1-4,9-10H. The van der Waals surface area contributed by atoms with Crippen LogP contribution < -0.4 is 5.46 Å². The summed E-state index contributed by atoms with van der Waals surface area (Å²) in [4.78, 5) is 9.22. The summed E-state index contributed by atoms with van der Waals surface area (Å²) in [5.74, 6) is -0.600. The summed E-state index contributed by atoms with van der Waals surface area (Å²) in [6.07, 6.45) is 0. The maximum absolute atomic E-state index is 12.5. The normalized spacial score (nSPS) is 10.8. The Kier molecular flexibility index (Phi) is 7.68. The van der Waals surface area contributed by atoms with Gasteiger partial charge in [0.1, 0.15) is 16.1 Å². The highest BCUT2D eigenvalue weighted by atomic mass is 35.5. The lowest BCUT2D eigenvalue weighted by Crippen LogP contribution is -2.32. The third-order valence-corrected chi connectivity index (χ3v) is 6.44. The number of benzene rings is 4. The monoisotopic (exact) mass is 540 g/mol. The fourth-order valence-corrected chi connectivity index (χ4v) is 4.70. The van der Waals surface area contributed by atoms with E-state index in [1.807, 2.05) is 48.5 Å². The van der Waals surface area contributed by atoms with E-state index in [9.17, 15) is 4.39 Å². The summed E-state index contributed by atoms with van der Waals surface area (Å²) < 4.78 is 12.5. The van der Waals surface area contributed by atoms with Crippen LogP contribution in [-0.2, 0) is 0 Å². The minimum atomic E-state index is -1.72. The van der Waals surface area contributed by atoms with Crippen molar-refractivity contribution in [1.82, 2.24) is 9.97 Å². The van der Waals surface area contributed by atoms with Gasteiger partial charge < -0.3 is 10.0 Å². The Labute approximate surface area is 229 Å². The van der Waals surface area contributed by atoms with E-state index in [1.54, 1.807) is 0 Å². The number of halogens is 3. The number of hydrogen-bond donors (Lipinski definition) is 2. The first-order valence-electron chi connectivity index (χ1n) is 11.7. The first kappa shape index (κ1) is 25.8.